The number of aryl methyl sites for hydroxylation is 1. The Morgan fingerprint density at radius 3 is 2.67 bits per heavy atom. The lowest BCUT2D eigenvalue weighted by Crippen LogP contribution is -2.40. The Hall–Kier alpha value is -2.89. The third-order valence-corrected chi connectivity index (χ3v) is 3.72. The Labute approximate surface area is 140 Å². The number of hydrogen-bond donors (Lipinski definition) is 1. The number of aliphatic carboxylic acids is 1. The van der Waals surface area contributed by atoms with Gasteiger partial charge in [-0.05, 0) is 43.7 Å². The number of ether oxygens (including phenoxy) is 1. The van der Waals surface area contributed by atoms with Gasteiger partial charge >= 0.3 is 5.97 Å². The van der Waals surface area contributed by atoms with Gasteiger partial charge in [0.05, 0.1) is 6.20 Å². The molecule has 0 fully saturated rings. The molecule has 0 bridgehead atoms. The summed E-state index contributed by atoms with van der Waals surface area (Å²) in [5, 5.41) is 9.01. The molecule has 0 aliphatic heterocycles. The van der Waals surface area contributed by atoms with E-state index in [4.69, 9.17) is 9.84 Å². The molecule has 2 aromatic rings. The molecule has 0 spiro atoms. The van der Waals surface area contributed by atoms with Crippen LogP contribution in [0.5, 0.6) is 5.75 Å². The summed E-state index contributed by atoms with van der Waals surface area (Å²) in [7, 11) is 1.47. The molecule has 6 nitrogen and oxygen atoms in total. The number of likely N-dealkylation sites (N-methyl/N-ethyl adjacent to an activating group) is 1. The summed E-state index contributed by atoms with van der Waals surface area (Å²) in [6.45, 7) is 3.66. The minimum absolute atomic E-state index is 0.296. The predicted molar refractivity (Wildman–Crippen MR) is 88.9 cm³/mol. The van der Waals surface area contributed by atoms with Crippen molar-refractivity contribution in [2.45, 2.75) is 26.5 Å². The minimum Gasteiger partial charge on any atom is -0.487 e. The van der Waals surface area contributed by atoms with Crippen LogP contribution in [0.25, 0.3) is 0 Å². The molecule has 1 aromatic heterocycles. The van der Waals surface area contributed by atoms with E-state index in [1.165, 1.54) is 18.9 Å². The molecule has 0 aliphatic carbocycles. The Balaban J connectivity index is 2.06. The van der Waals surface area contributed by atoms with Gasteiger partial charge in [-0.3, -0.25) is 9.78 Å². The number of nitrogens with zero attached hydrogens (tertiary/aromatic N) is 2. The number of carboxylic acids is 1. The number of amides is 1. The Morgan fingerprint density at radius 2 is 2.04 bits per heavy atom. The van der Waals surface area contributed by atoms with Gasteiger partial charge < -0.3 is 14.7 Å². The summed E-state index contributed by atoms with van der Waals surface area (Å²) in [4.78, 5) is 28.7. The highest BCUT2D eigenvalue weighted by molar-refractivity contribution is 5.96. The highest BCUT2D eigenvalue weighted by Gasteiger charge is 2.22. The lowest BCUT2D eigenvalue weighted by Gasteiger charge is -2.21. The molecule has 0 aliphatic rings. The highest BCUT2D eigenvalue weighted by atomic mass is 16.5. The Kier molecular flexibility index (Phi) is 5.52. The van der Waals surface area contributed by atoms with E-state index in [9.17, 15) is 9.59 Å². The maximum absolute atomic E-state index is 12.4. The maximum atomic E-state index is 12.4. The first-order valence-electron chi connectivity index (χ1n) is 7.53. The molecule has 0 saturated carbocycles. The fourth-order valence-electron chi connectivity index (χ4n) is 2.05. The highest BCUT2D eigenvalue weighted by Crippen LogP contribution is 2.14. The predicted octanol–water partition coefficient (Wildman–Crippen LogP) is 2.51. The van der Waals surface area contributed by atoms with Gasteiger partial charge in [0, 0.05) is 18.3 Å². The molecule has 1 unspecified atom stereocenters. The number of carbonyl (C=O) groups excluding carboxylic acids is 1. The first-order valence-corrected chi connectivity index (χ1v) is 7.53. The molecule has 0 saturated heterocycles. The summed E-state index contributed by atoms with van der Waals surface area (Å²) in [5.41, 5.74) is 2.15. The number of hydrogen-bond acceptors (Lipinski definition) is 4. The number of pyridine rings is 1. The Morgan fingerprint density at radius 1 is 1.29 bits per heavy atom. The Bertz CT molecular complexity index is 728. The number of carbonyl (C=O) groups is 2. The van der Waals surface area contributed by atoms with Crippen LogP contribution in [0.15, 0.2) is 42.6 Å². The zero-order valence-electron chi connectivity index (χ0n) is 13.9. The average molecular weight is 328 g/mol. The summed E-state index contributed by atoms with van der Waals surface area (Å²) in [6.07, 6.45) is 1.65. The van der Waals surface area contributed by atoms with Gasteiger partial charge in [0.15, 0.2) is 0 Å². The molecule has 1 aromatic carbocycles. The average Bonchev–Trinajstić information content (AvgIpc) is 2.59. The van der Waals surface area contributed by atoms with E-state index in [1.54, 1.807) is 24.4 Å². The van der Waals surface area contributed by atoms with Crippen LogP contribution >= 0.6 is 0 Å². The van der Waals surface area contributed by atoms with Crippen molar-refractivity contribution < 1.29 is 19.4 Å². The SMILES string of the molecule is Cc1ccc(OCc2cccc(C(=O)N(C)C(C)C(=O)O)c2)cn1. The lowest BCUT2D eigenvalue weighted by molar-refractivity contribution is -0.141. The molecule has 1 amide bonds. The van der Waals surface area contributed by atoms with Gasteiger partial charge in [-0.15, -0.1) is 0 Å². The molecule has 1 N–H and O–H groups in total. The van der Waals surface area contributed by atoms with Gasteiger partial charge in [0.2, 0.25) is 0 Å². The summed E-state index contributed by atoms with van der Waals surface area (Å²) in [5.74, 6) is -0.741. The third kappa shape index (κ3) is 4.32. The van der Waals surface area contributed by atoms with Crippen molar-refractivity contribution in [3.63, 3.8) is 0 Å². The van der Waals surface area contributed by atoms with Crippen molar-refractivity contribution in [3.8, 4) is 5.75 Å². The molecule has 24 heavy (non-hydrogen) atoms. The third-order valence-electron chi connectivity index (χ3n) is 3.72. The van der Waals surface area contributed by atoms with Crippen LogP contribution < -0.4 is 4.74 Å². The monoisotopic (exact) mass is 328 g/mol. The van der Waals surface area contributed by atoms with Crippen LogP contribution in [0.2, 0.25) is 0 Å². The molecule has 6 heteroatoms. The van der Waals surface area contributed by atoms with Crippen LogP contribution in [0.1, 0.15) is 28.5 Å². The molecule has 126 valence electrons. The second-order valence-electron chi connectivity index (χ2n) is 5.55. The van der Waals surface area contributed by atoms with E-state index in [0.717, 1.165) is 11.3 Å². The van der Waals surface area contributed by atoms with Crippen molar-refractivity contribution >= 4 is 11.9 Å². The first-order chi connectivity index (χ1) is 11.4. The molecule has 1 atom stereocenters. The van der Waals surface area contributed by atoms with Crippen molar-refractivity contribution in [1.82, 2.24) is 9.88 Å². The van der Waals surface area contributed by atoms with Gasteiger partial charge in [0.1, 0.15) is 18.4 Å². The second kappa shape index (κ2) is 7.59. The van der Waals surface area contributed by atoms with Crippen molar-refractivity contribution in [1.29, 1.82) is 0 Å². The van der Waals surface area contributed by atoms with Crippen LogP contribution in [-0.4, -0.2) is 40.0 Å². The normalized spacial score (nSPS) is 11.6. The number of rotatable bonds is 6. The quantitative estimate of drug-likeness (QED) is 0.881. The summed E-state index contributed by atoms with van der Waals surface area (Å²) in [6, 6.07) is 9.75. The van der Waals surface area contributed by atoms with Gasteiger partial charge in [-0.1, -0.05) is 12.1 Å². The van der Waals surface area contributed by atoms with Crippen molar-refractivity contribution in [3.05, 3.63) is 59.4 Å². The number of aromatic nitrogens is 1. The molecular formula is C18H20N2O4. The first kappa shape index (κ1) is 17.5. The van der Waals surface area contributed by atoms with E-state index < -0.39 is 12.0 Å². The minimum atomic E-state index is -1.04. The molecule has 1 heterocycles. The molecule has 2 rings (SSSR count). The van der Waals surface area contributed by atoms with E-state index in [0.29, 0.717) is 17.9 Å². The number of carboxylic acid groups (broad SMARTS) is 1. The molecule has 0 radical (unpaired) electrons. The summed E-state index contributed by atoms with van der Waals surface area (Å²) < 4.78 is 5.65. The van der Waals surface area contributed by atoms with E-state index in [1.807, 2.05) is 25.1 Å². The smallest absolute Gasteiger partial charge is 0.326 e. The van der Waals surface area contributed by atoms with Gasteiger partial charge in [-0.2, -0.15) is 0 Å². The summed E-state index contributed by atoms with van der Waals surface area (Å²) >= 11 is 0. The second-order valence-corrected chi connectivity index (χ2v) is 5.55. The van der Waals surface area contributed by atoms with Crippen molar-refractivity contribution in [2.24, 2.45) is 0 Å². The standard InChI is InChI=1S/C18H20N2O4/c1-12-7-8-16(10-19-12)24-11-14-5-4-6-15(9-14)17(21)20(3)13(2)18(22)23/h4-10,13H,11H2,1-3H3,(H,22,23). The fraction of sp³-hybridized carbons (Fsp3) is 0.278. The zero-order chi connectivity index (χ0) is 17.7. The van der Waals surface area contributed by atoms with Crippen LogP contribution in [-0.2, 0) is 11.4 Å². The van der Waals surface area contributed by atoms with Gasteiger partial charge in [0.25, 0.3) is 5.91 Å². The fourth-order valence-corrected chi connectivity index (χ4v) is 2.05. The largest absolute Gasteiger partial charge is 0.487 e. The van der Waals surface area contributed by atoms with E-state index in [2.05, 4.69) is 4.98 Å². The topological polar surface area (TPSA) is 79.7 Å². The lowest BCUT2D eigenvalue weighted by atomic mass is 10.1. The van der Waals surface area contributed by atoms with Crippen LogP contribution in [0.4, 0.5) is 0 Å². The van der Waals surface area contributed by atoms with Gasteiger partial charge in [-0.25, -0.2) is 4.79 Å². The zero-order valence-corrected chi connectivity index (χ0v) is 13.9. The van der Waals surface area contributed by atoms with E-state index >= 15 is 0 Å². The van der Waals surface area contributed by atoms with Crippen molar-refractivity contribution in [2.75, 3.05) is 7.05 Å². The maximum Gasteiger partial charge on any atom is 0.326 e. The van der Waals surface area contributed by atoms with E-state index in [-0.39, 0.29) is 5.91 Å². The number of benzene rings is 1. The molecular weight excluding hydrogens is 308 g/mol. The van der Waals surface area contributed by atoms with Crippen LogP contribution in [0.3, 0.4) is 0 Å². The van der Waals surface area contributed by atoms with Crippen LogP contribution in [0, 0.1) is 6.92 Å².